The fourth-order valence-corrected chi connectivity index (χ4v) is 5.97. The van der Waals surface area contributed by atoms with Crippen molar-refractivity contribution in [3.05, 3.63) is 71.8 Å². The lowest BCUT2D eigenvalue weighted by Crippen LogP contribution is -2.62. The fourth-order valence-electron chi connectivity index (χ4n) is 5.97. The van der Waals surface area contributed by atoms with Gasteiger partial charge < -0.3 is 14.6 Å². The van der Waals surface area contributed by atoms with Crippen molar-refractivity contribution < 1.29 is 33.8 Å². The van der Waals surface area contributed by atoms with E-state index < -0.39 is 47.4 Å². The molecule has 1 saturated heterocycles. The van der Waals surface area contributed by atoms with Gasteiger partial charge in [-0.15, -0.1) is 0 Å². The maximum Gasteiger partial charge on any atom is 0.429 e. The van der Waals surface area contributed by atoms with Gasteiger partial charge in [-0.25, -0.2) is 19.6 Å². The maximum absolute atomic E-state index is 14.7. The second kappa shape index (κ2) is 18.3. The van der Waals surface area contributed by atoms with Crippen molar-refractivity contribution in [1.29, 1.82) is 0 Å². The van der Waals surface area contributed by atoms with E-state index >= 15 is 0 Å². The molecule has 0 bridgehead atoms. The van der Waals surface area contributed by atoms with Crippen LogP contribution in [0.4, 0.5) is 4.79 Å². The Morgan fingerprint density at radius 3 is 2.07 bits per heavy atom. The largest absolute Gasteiger partial charge is 0.480 e. The Morgan fingerprint density at radius 2 is 1.46 bits per heavy atom. The van der Waals surface area contributed by atoms with Crippen LogP contribution in [0.15, 0.2) is 60.7 Å². The molecule has 3 atom stereocenters. The molecular formula is C37H52N2O7. The van der Waals surface area contributed by atoms with Gasteiger partial charge in [0.05, 0.1) is 11.8 Å². The third-order valence-corrected chi connectivity index (χ3v) is 8.28. The van der Waals surface area contributed by atoms with Gasteiger partial charge in [0.15, 0.2) is 6.04 Å². The van der Waals surface area contributed by atoms with Gasteiger partial charge in [0.2, 0.25) is 5.91 Å². The second-order valence-electron chi connectivity index (χ2n) is 13.2. The molecule has 1 fully saturated rings. The predicted molar refractivity (Wildman–Crippen MR) is 176 cm³/mol. The van der Waals surface area contributed by atoms with Gasteiger partial charge in [-0.1, -0.05) is 99.7 Å². The number of esters is 1. The Kier molecular flexibility index (Phi) is 14.6. The molecule has 3 rings (SSSR count). The van der Waals surface area contributed by atoms with Crippen LogP contribution in [-0.2, 0) is 36.9 Å². The van der Waals surface area contributed by atoms with Crippen LogP contribution < -0.4 is 0 Å². The molecule has 1 aliphatic rings. The van der Waals surface area contributed by atoms with Crippen molar-refractivity contribution in [3.63, 3.8) is 0 Å². The van der Waals surface area contributed by atoms with Crippen LogP contribution in [0.5, 0.6) is 0 Å². The summed E-state index contributed by atoms with van der Waals surface area (Å²) < 4.78 is 11.4. The maximum atomic E-state index is 14.7. The van der Waals surface area contributed by atoms with E-state index in [4.69, 9.17) is 9.47 Å². The number of rotatable bonds is 16. The highest BCUT2D eigenvalue weighted by atomic mass is 16.6. The number of amides is 2. The molecular weight excluding hydrogens is 584 g/mol. The molecule has 1 N–H and O–H groups in total. The van der Waals surface area contributed by atoms with Crippen molar-refractivity contribution in [2.45, 2.75) is 117 Å². The summed E-state index contributed by atoms with van der Waals surface area (Å²) in [5.41, 5.74) is 1.13. The van der Waals surface area contributed by atoms with E-state index in [0.717, 1.165) is 53.2 Å². The summed E-state index contributed by atoms with van der Waals surface area (Å²) >= 11 is 0. The third-order valence-electron chi connectivity index (χ3n) is 8.28. The molecule has 9 heteroatoms. The molecule has 0 aromatic heterocycles. The van der Waals surface area contributed by atoms with Gasteiger partial charge in [-0.3, -0.25) is 9.59 Å². The van der Waals surface area contributed by atoms with Crippen LogP contribution in [0.3, 0.4) is 0 Å². The van der Waals surface area contributed by atoms with Crippen molar-refractivity contribution in [1.82, 2.24) is 10.0 Å². The molecule has 0 aliphatic carbocycles. The van der Waals surface area contributed by atoms with E-state index in [9.17, 15) is 24.3 Å². The molecule has 0 spiro atoms. The van der Waals surface area contributed by atoms with Gasteiger partial charge in [0.25, 0.3) is 0 Å². The minimum atomic E-state index is -1.25. The van der Waals surface area contributed by atoms with Gasteiger partial charge in [0.1, 0.15) is 12.2 Å². The number of aliphatic carboxylic acids is 1. The number of carbonyl (C=O) groups is 4. The summed E-state index contributed by atoms with van der Waals surface area (Å²) in [6.45, 7) is 7.63. The Labute approximate surface area is 274 Å². The first kappa shape index (κ1) is 36.6. The number of carbonyl (C=O) groups excluding carboxylic acids is 3. The van der Waals surface area contributed by atoms with Gasteiger partial charge in [0, 0.05) is 6.54 Å². The second-order valence-corrected chi connectivity index (χ2v) is 13.2. The summed E-state index contributed by atoms with van der Waals surface area (Å²) in [4.78, 5) is 54.5. The van der Waals surface area contributed by atoms with Crippen molar-refractivity contribution in [2.24, 2.45) is 11.8 Å². The molecule has 2 aromatic rings. The zero-order valence-electron chi connectivity index (χ0n) is 28.0. The molecule has 0 radical (unpaired) electrons. The molecule has 0 saturated carbocycles. The number of unbranched alkanes of at least 4 members (excludes halogenated alkanes) is 4. The van der Waals surface area contributed by atoms with Gasteiger partial charge in [-0.05, 0) is 70.4 Å². The summed E-state index contributed by atoms with van der Waals surface area (Å²) in [5, 5.41) is 12.4. The van der Waals surface area contributed by atoms with E-state index in [1.807, 2.05) is 60.7 Å². The fraction of sp³-hybridized carbons (Fsp3) is 0.568. The number of benzene rings is 2. The predicted octanol–water partition coefficient (Wildman–Crippen LogP) is 7.57. The smallest absolute Gasteiger partial charge is 0.429 e. The summed E-state index contributed by atoms with van der Waals surface area (Å²) in [5.74, 6) is -3.89. The van der Waals surface area contributed by atoms with Gasteiger partial charge >= 0.3 is 18.0 Å². The highest BCUT2D eigenvalue weighted by Gasteiger charge is 2.46. The number of aryl methyl sites for hydroxylation is 1. The Morgan fingerprint density at radius 1 is 0.848 bits per heavy atom. The molecule has 1 aliphatic heterocycles. The monoisotopic (exact) mass is 636 g/mol. The number of hydrogen-bond donors (Lipinski definition) is 1. The number of carboxylic acid groups (broad SMARTS) is 1. The molecule has 2 aromatic carbocycles. The molecule has 1 heterocycles. The quantitative estimate of drug-likeness (QED) is 0.149. The Hall–Kier alpha value is -3.88. The number of hydrogen-bond acceptors (Lipinski definition) is 6. The van der Waals surface area contributed by atoms with Crippen LogP contribution in [0.2, 0.25) is 0 Å². The average molecular weight is 637 g/mol. The van der Waals surface area contributed by atoms with E-state index in [1.54, 1.807) is 20.8 Å². The first-order chi connectivity index (χ1) is 22.0. The minimum Gasteiger partial charge on any atom is -0.480 e. The Bertz CT molecular complexity index is 1250. The van der Waals surface area contributed by atoms with Crippen molar-refractivity contribution >= 4 is 23.9 Å². The van der Waals surface area contributed by atoms with Gasteiger partial charge in [-0.2, -0.15) is 0 Å². The van der Waals surface area contributed by atoms with Crippen molar-refractivity contribution in [2.75, 3.05) is 6.54 Å². The van der Waals surface area contributed by atoms with E-state index in [1.165, 1.54) is 0 Å². The first-order valence-electron chi connectivity index (χ1n) is 16.8. The highest BCUT2D eigenvalue weighted by Crippen LogP contribution is 2.33. The lowest BCUT2D eigenvalue weighted by Gasteiger charge is -2.43. The van der Waals surface area contributed by atoms with Crippen LogP contribution in [-0.4, -0.2) is 57.3 Å². The van der Waals surface area contributed by atoms with E-state index in [2.05, 4.69) is 6.92 Å². The Balaban J connectivity index is 1.94. The zero-order chi connectivity index (χ0) is 33.5. The van der Waals surface area contributed by atoms with E-state index in [-0.39, 0.29) is 19.6 Å². The van der Waals surface area contributed by atoms with Crippen LogP contribution in [0, 0.1) is 11.8 Å². The van der Waals surface area contributed by atoms with Crippen LogP contribution in [0.25, 0.3) is 0 Å². The lowest BCUT2D eigenvalue weighted by atomic mass is 9.82. The zero-order valence-corrected chi connectivity index (χ0v) is 28.0. The minimum absolute atomic E-state index is 0.0170. The number of hydrazine groups is 1. The normalized spacial score (nSPS) is 16.4. The lowest BCUT2D eigenvalue weighted by molar-refractivity contribution is -0.179. The third kappa shape index (κ3) is 11.5. The highest BCUT2D eigenvalue weighted by molar-refractivity contribution is 5.90. The molecule has 1 unspecified atom stereocenters. The molecule has 9 nitrogen and oxygen atoms in total. The van der Waals surface area contributed by atoms with Crippen molar-refractivity contribution in [3.8, 4) is 0 Å². The first-order valence-corrected chi connectivity index (χ1v) is 16.8. The summed E-state index contributed by atoms with van der Waals surface area (Å²) in [6, 6.07) is 17.9. The number of nitrogens with zero attached hydrogens (tertiary/aromatic N) is 2. The van der Waals surface area contributed by atoms with E-state index in [0.29, 0.717) is 32.1 Å². The summed E-state index contributed by atoms with van der Waals surface area (Å²) in [6.07, 6.45) is 6.64. The number of carboxylic acids is 1. The SMILES string of the molecule is CCCCCCC[C@@H](C(=O)N1[C@H](C(=O)O)CCCN1C(=O)OCc1ccccc1)C(CCCc1ccccc1)C(=O)OC(C)(C)C. The summed E-state index contributed by atoms with van der Waals surface area (Å²) in [7, 11) is 0. The molecule has 252 valence electrons. The topological polar surface area (TPSA) is 113 Å². The number of ether oxygens (including phenoxy) is 2. The van der Waals surface area contributed by atoms with Crippen LogP contribution >= 0.6 is 0 Å². The molecule has 2 amide bonds. The standard InChI is InChI=1S/C37H52N2O7/c1-5-6-7-8-15-23-30(31(35(43)46-37(2,3)4)24-16-22-28-18-11-9-12-19-28)33(40)39-32(34(41)42)25-17-26-38(39)36(44)45-27-29-20-13-10-14-21-29/h9-14,18-21,30-32H,5-8,15-17,22-27H2,1-4H3,(H,41,42)/t30-,31?,32+/m1/s1. The average Bonchev–Trinajstić information content (AvgIpc) is 3.03. The van der Waals surface area contributed by atoms with Crippen LogP contribution in [0.1, 0.15) is 103 Å². The molecule has 46 heavy (non-hydrogen) atoms.